The maximum absolute atomic E-state index is 14.4. The number of anilines is 1. The Labute approximate surface area is 510 Å². The van der Waals surface area contributed by atoms with Gasteiger partial charge < -0.3 is 41.5 Å². The lowest BCUT2D eigenvalue weighted by molar-refractivity contribution is -0.148. The highest BCUT2D eigenvalue weighted by Crippen LogP contribution is 2.41. The quantitative estimate of drug-likeness (QED) is 0.0503. The van der Waals surface area contributed by atoms with Gasteiger partial charge in [0.15, 0.2) is 5.78 Å². The average molecular weight is 1270 g/mol. The fourth-order valence-electron chi connectivity index (χ4n) is 9.16. The van der Waals surface area contributed by atoms with Gasteiger partial charge in [-0.2, -0.15) is 0 Å². The van der Waals surface area contributed by atoms with Crippen LogP contribution in [0.2, 0.25) is 0 Å². The summed E-state index contributed by atoms with van der Waals surface area (Å²) in [5.74, 6) is -7.54. The van der Waals surface area contributed by atoms with Gasteiger partial charge in [-0.1, -0.05) is 51.1 Å². The van der Waals surface area contributed by atoms with E-state index in [0.29, 0.717) is 68.1 Å². The molecule has 9 rings (SSSR count). The molecule has 0 saturated heterocycles. The van der Waals surface area contributed by atoms with Gasteiger partial charge in [0, 0.05) is 70.8 Å². The molecule has 0 spiro atoms. The van der Waals surface area contributed by atoms with Crippen molar-refractivity contribution in [3.05, 3.63) is 111 Å². The third kappa shape index (κ3) is 14.8. The van der Waals surface area contributed by atoms with Gasteiger partial charge in [-0.05, 0) is 37.0 Å². The lowest BCUT2D eigenvalue weighted by atomic mass is 9.90. The van der Waals surface area contributed by atoms with Crippen molar-refractivity contribution < 1.29 is 53.3 Å². The zero-order valence-corrected chi connectivity index (χ0v) is 51.3. The van der Waals surface area contributed by atoms with Crippen molar-refractivity contribution in [2.45, 2.75) is 90.3 Å². The molecule has 1 aromatic carbocycles. The number of aryl methyl sites for hydroxylation is 1. The molecule has 1 aliphatic heterocycles. The van der Waals surface area contributed by atoms with Crippen LogP contribution in [0.25, 0.3) is 43.4 Å². The number of benzene rings is 1. The highest BCUT2D eigenvalue weighted by molar-refractivity contribution is 7.15. The van der Waals surface area contributed by atoms with Gasteiger partial charge in [0.2, 0.25) is 17.7 Å². The first-order valence-electron chi connectivity index (χ1n) is 26.5. The highest BCUT2D eigenvalue weighted by atomic mass is 32.1. The average Bonchev–Trinajstić information content (AvgIpc) is 3.50. The molecule has 5 amide bonds. The molecule has 85 heavy (non-hydrogen) atoms. The van der Waals surface area contributed by atoms with Gasteiger partial charge in [0.25, 0.3) is 11.8 Å². The smallest absolute Gasteiger partial charge is 0.307 e. The monoisotopic (exact) mass is 1260 g/mol. The molecule has 7 aromatic heterocycles. The Morgan fingerprint density at radius 2 is 1.42 bits per heavy atom. The van der Waals surface area contributed by atoms with Crippen LogP contribution in [0.4, 0.5) is 5.82 Å². The summed E-state index contributed by atoms with van der Waals surface area (Å²) in [4.78, 5) is 141. The van der Waals surface area contributed by atoms with Gasteiger partial charge in [-0.25, -0.2) is 34.9 Å². The number of aromatic nitrogens is 7. The van der Waals surface area contributed by atoms with Crippen molar-refractivity contribution in [1.29, 1.82) is 0 Å². The van der Waals surface area contributed by atoms with Gasteiger partial charge in [0.05, 0.1) is 59.6 Å². The number of thiazole rings is 6. The van der Waals surface area contributed by atoms with Crippen LogP contribution in [-0.2, 0) is 35.3 Å². The maximum atomic E-state index is 14.4. The Bertz CT molecular complexity index is 3810. The topological polar surface area (TPSA) is 337 Å². The Morgan fingerprint density at radius 1 is 0.718 bits per heavy atom. The molecule has 0 radical (unpaired) electrons. The second-order valence-electron chi connectivity index (χ2n) is 20.0. The number of pyridine rings is 1. The molecular formula is C56H56N12O11S6. The number of methoxy groups -OCH3 is 1. The predicted octanol–water partition coefficient (Wildman–Crippen LogP) is 9.16. The molecule has 0 aliphatic carbocycles. The number of Topliss-reactive ketones (excluding diaryl/α,β-unsaturated/α-hetero) is 1. The van der Waals surface area contributed by atoms with Crippen LogP contribution in [-0.4, -0.2) is 113 Å². The minimum atomic E-state index is -1.32. The molecular weight excluding hydrogens is 1210 g/mol. The summed E-state index contributed by atoms with van der Waals surface area (Å²) in [6.45, 7) is 7.26. The first-order chi connectivity index (χ1) is 40.8. The minimum absolute atomic E-state index is 0.0212. The van der Waals surface area contributed by atoms with Gasteiger partial charge in [-0.15, -0.1) is 68.0 Å². The summed E-state index contributed by atoms with van der Waals surface area (Å²) in [7, 11) is 2.97. The van der Waals surface area contributed by atoms with Crippen LogP contribution >= 0.6 is 68.0 Å². The number of carboxylic acids is 2. The predicted molar refractivity (Wildman–Crippen MR) is 323 cm³/mol. The van der Waals surface area contributed by atoms with E-state index < -0.39 is 78.4 Å². The molecule has 1 aliphatic rings. The molecule has 23 nitrogen and oxygen atoms in total. The number of nitrogens with zero attached hydrogens (tertiary/aromatic N) is 7. The van der Waals surface area contributed by atoms with Crippen molar-refractivity contribution in [3.63, 3.8) is 0 Å². The van der Waals surface area contributed by atoms with E-state index in [1.807, 2.05) is 56.5 Å². The molecule has 442 valence electrons. The highest BCUT2D eigenvalue weighted by Gasteiger charge is 2.33. The van der Waals surface area contributed by atoms with E-state index in [1.54, 1.807) is 35.2 Å². The number of amides is 5. The number of hydrogen-bond donors (Lipinski definition) is 7. The summed E-state index contributed by atoms with van der Waals surface area (Å²) >= 11 is 7.38. The number of rotatable bonds is 15. The van der Waals surface area contributed by atoms with Crippen molar-refractivity contribution in [2.24, 2.45) is 11.8 Å². The van der Waals surface area contributed by atoms with Crippen LogP contribution in [0.1, 0.15) is 139 Å². The SMILES string of the molecule is CNC(=O)C[C@@H]1NC(=O)c2csc(n2)-c2ccc(-c3nc(NC(=O)CC[C@@H](CC(=O)O)C(=O)O)cs3)nc2-c2csc(n2)-c2csc(n2)[C@H]([C@@H](C)c2ccccc2)NC(=O)CNC(=O)c2nc(sc2COC)C(C(C)C)CC(=O)c2nc1sc2C. The molecule has 8 aromatic rings. The first kappa shape index (κ1) is 61.6. The van der Waals surface area contributed by atoms with Gasteiger partial charge in [-0.3, -0.25) is 38.4 Å². The van der Waals surface area contributed by atoms with Crippen molar-refractivity contribution in [2.75, 3.05) is 26.0 Å². The van der Waals surface area contributed by atoms with Crippen LogP contribution < -0.4 is 26.6 Å². The number of aliphatic carboxylic acids is 2. The van der Waals surface area contributed by atoms with E-state index in [-0.39, 0.29) is 72.8 Å². The molecule has 8 heterocycles. The van der Waals surface area contributed by atoms with E-state index >= 15 is 0 Å². The molecule has 0 saturated carbocycles. The number of hydrogen-bond acceptors (Lipinski definition) is 22. The second-order valence-corrected chi connectivity index (χ2v) is 25.8. The summed E-state index contributed by atoms with van der Waals surface area (Å²) in [6, 6.07) is 11.5. The summed E-state index contributed by atoms with van der Waals surface area (Å²) in [6.07, 6.45) is -1.33. The third-order valence-corrected chi connectivity index (χ3v) is 19.5. The molecule has 10 bridgehead atoms. The standard InChI is InChI=1S/C56H56N12O11S6/c1-25(2)31-17-37(69)45-27(4)84-54(67-45)33(18-41(71)57-5)60-48(75)35-22-80-50(62-35)30-13-14-32(52-65-39(24-83-52)64-40(70)15-12-29(56(77)78)16-43(73)74)59-46(30)34-21-81-53(61-34)36-23-82-55(63-36)44(26(3)28-10-8-7-9-11-28)66-42(72)19-58-49(76)47-38(20-79-6)85-51(31)68-47/h7-11,13-14,21-26,29,31,33,44H,12,15-20H2,1-6H3,(H,57,71)(H,58,76)(H,60,75)(H,64,70)(H,66,72)(H,73,74)(H,77,78)/t26-,29-,31?,33-,44-/m0/s1. The van der Waals surface area contributed by atoms with E-state index in [4.69, 9.17) is 39.7 Å². The number of carbonyl (C=O) groups is 8. The number of ketones is 1. The Hall–Kier alpha value is -7.93. The maximum Gasteiger partial charge on any atom is 0.307 e. The number of carboxylic acid groups (broad SMARTS) is 2. The zero-order chi connectivity index (χ0) is 60.6. The normalized spacial score (nSPS) is 16.6. The van der Waals surface area contributed by atoms with E-state index in [1.165, 1.54) is 82.2 Å². The van der Waals surface area contributed by atoms with Crippen LogP contribution in [0.3, 0.4) is 0 Å². The van der Waals surface area contributed by atoms with E-state index in [9.17, 15) is 43.5 Å². The number of carbonyl (C=O) groups excluding carboxylic acids is 6. The Kier molecular flexibility index (Phi) is 19.9. The number of ether oxygens (including phenoxy) is 1. The van der Waals surface area contributed by atoms with Crippen molar-refractivity contribution in [3.8, 4) is 43.4 Å². The van der Waals surface area contributed by atoms with Crippen LogP contribution in [0.15, 0.2) is 64.0 Å². The number of fused-ring (bicyclic) bond motifs is 14. The largest absolute Gasteiger partial charge is 0.481 e. The summed E-state index contributed by atoms with van der Waals surface area (Å²) in [5, 5.41) is 42.2. The summed E-state index contributed by atoms with van der Waals surface area (Å²) in [5.41, 5.74) is 3.32. The third-order valence-electron chi connectivity index (χ3n) is 13.7. The lowest BCUT2D eigenvalue weighted by Gasteiger charge is -2.24. The molecule has 7 N–H and O–H groups in total. The first-order valence-corrected chi connectivity index (χ1v) is 31.6. The summed E-state index contributed by atoms with van der Waals surface area (Å²) < 4.78 is 5.49. The zero-order valence-electron chi connectivity index (χ0n) is 46.4. The van der Waals surface area contributed by atoms with E-state index in [2.05, 4.69) is 31.6 Å². The van der Waals surface area contributed by atoms with Crippen molar-refractivity contribution >= 4 is 121 Å². The van der Waals surface area contributed by atoms with Crippen molar-refractivity contribution in [1.82, 2.24) is 56.2 Å². The number of nitrogens with one attached hydrogen (secondary N) is 5. The van der Waals surface area contributed by atoms with Gasteiger partial charge >= 0.3 is 11.9 Å². The molecule has 1 unspecified atom stereocenters. The second kappa shape index (κ2) is 27.4. The Morgan fingerprint density at radius 3 is 2.15 bits per heavy atom. The lowest BCUT2D eigenvalue weighted by Crippen LogP contribution is -2.40. The van der Waals surface area contributed by atoms with Gasteiger partial charge in [0.1, 0.15) is 65.0 Å². The molecule has 29 heteroatoms. The Balaban J connectivity index is 1.10. The minimum Gasteiger partial charge on any atom is -0.481 e. The van der Waals surface area contributed by atoms with Crippen LogP contribution in [0.5, 0.6) is 0 Å². The molecule has 0 fully saturated rings. The van der Waals surface area contributed by atoms with E-state index in [0.717, 1.165) is 5.56 Å². The fraction of sp³-hybridized carbons (Fsp3) is 0.339. The van der Waals surface area contributed by atoms with Crippen LogP contribution in [0, 0.1) is 18.8 Å². The fourth-order valence-corrected chi connectivity index (χ4v) is 14.8. The molecule has 5 atom stereocenters.